The summed E-state index contributed by atoms with van der Waals surface area (Å²) in [6.45, 7) is 4.42. The second kappa shape index (κ2) is 5.81. The van der Waals surface area contributed by atoms with Gasteiger partial charge in [0, 0.05) is 13.5 Å². The summed E-state index contributed by atoms with van der Waals surface area (Å²) in [5, 5.41) is 7.75. The molecule has 0 N–H and O–H groups in total. The summed E-state index contributed by atoms with van der Waals surface area (Å²) < 4.78 is 6.42. The van der Waals surface area contributed by atoms with Crippen molar-refractivity contribution in [2.45, 2.75) is 39.3 Å². The van der Waals surface area contributed by atoms with E-state index < -0.39 is 0 Å². The normalized spacial score (nSPS) is 18.6. The Hall–Kier alpha value is -1.92. The quantitative estimate of drug-likeness (QED) is 0.743. The lowest BCUT2D eigenvalue weighted by Crippen LogP contribution is -2.30. The van der Waals surface area contributed by atoms with E-state index in [4.69, 9.17) is 4.74 Å². The van der Waals surface area contributed by atoms with Gasteiger partial charge in [-0.3, -0.25) is 9.59 Å². The van der Waals surface area contributed by atoms with Crippen LogP contribution in [0.5, 0.6) is 0 Å². The van der Waals surface area contributed by atoms with Gasteiger partial charge in [0.1, 0.15) is 6.54 Å². The highest BCUT2D eigenvalue weighted by molar-refractivity contribution is 5.74. The summed E-state index contributed by atoms with van der Waals surface area (Å²) in [6, 6.07) is -0.0399. The zero-order valence-corrected chi connectivity index (χ0v) is 11.2. The summed E-state index contributed by atoms with van der Waals surface area (Å²) in [4.78, 5) is 24.9. The second-order valence-electron chi connectivity index (χ2n) is 4.49. The number of carbonyl (C=O) groups excluding carboxylic acids is 2. The van der Waals surface area contributed by atoms with E-state index in [2.05, 4.69) is 10.3 Å². The zero-order valence-electron chi connectivity index (χ0n) is 11.2. The average molecular weight is 266 g/mol. The highest BCUT2D eigenvalue weighted by atomic mass is 16.5. The van der Waals surface area contributed by atoms with Gasteiger partial charge in [-0.15, -0.1) is 5.10 Å². The predicted octanol–water partition coefficient (Wildman–Crippen LogP) is 0.525. The minimum Gasteiger partial charge on any atom is -0.465 e. The van der Waals surface area contributed by atoms with Gasteiger partial charge in [0.05, 0.1) is 24.5 Å². The van der Waals surface area contributed by atoms with Crippen LogP contribution in [0.3, 0.4) is 0 Å². The lowest BCUT2D eigenvalue weighted by molar-refractivity contribution is -0.144. The number of hydrogen-bond donors (Lipinski definition) is 0. The van der Waals surface area contributed by atoms with E-state index in [0.717, 1.165) is 25.1 Å². The van der Waals surface area contributed by atoms with Crippen LogP contribution in [-0.2, 0) is 20.9 Å². The van der Waals surface area contributed by atoms with Gasteiger partial charge in [0.15, 0.2) is 0 Å². The fraction of sp³-hybridized carbons (Fsp3) is 0.667. The van der Waals surface area contributed by atoms with Crippen molar-refractivity contribution in [1.82, 2.24) is 19.9 Å². The summed E-state index contributed by atoms with van der Waals surface area (Å²) in [7, 11) is 0. The number of carbonyl (C=O) groups is 2. The number of aromatic nitrogens is 3. The van der Waals surface area contributed by atoms with Crippen LogP contribution in [0.4, 0.5) is 0 Å². The molecule has 1 aliphatic rings. The summed E-state index contributed by atoms with van der Waals surface area (Å²) in [5.74, 6) is -0.312. The van der Waals surface area contributed by atoms with Crippen molar-refractivity contribution in [2.24, 2.45) is 0 Å². The van der Waals surface area contributed by atoms with Crippen LogP contribution < -0.4 is 0 Å². The van der Waals surface area contributed by atoms with Gasteiger partial charge < -0.3 is 9.64 Å². The number of amides is 1. The van der Waals surface area contributed by atoms with E-state index in [-0.39, 0.29) is 24.5 Å². The maximum atomic E-state index is 11.6. The maximum Gasteiger partial charge on any atom is 0.327 e. The number of hydrogen-bond acceptors (Lipinski definition) is 5. The van der Waals surface area contributed by atoms with Gasteiger partial charge in [0.25, 0.3) is 0 Å². The largest absolute Gasteiger partial charge is 0.465 e. The molecule has 19 heavy (non-hydrogen) atoms. The Morgan fingerprint density at radius 2 is 2.32 bits per heavy atom. The SMILES string of the molecule is CCOC(=O)Cn1nncc1[C@@H]1CCCN1C(C)=O. The molecule has 104 valence electrons. The molecule has 0 unspecified atom stereocenters. The minimum atomic E-state index is -0.346. The third kappa shape index (κ3) is 2.91. The molecule has 0 saturated carbocycles. The monoisotopic (exact) mass is 266 g/mol. The zero-order chi connectivity index (χ0) is 13.8. The topological polar surface area (TPSA) is 77.3 Å². The molecule has 7 heteroatoms. The summed E-state index contributed by atoms with van der Waals surface area (Å²) >= 11 is 0. The highest BCUT2D eigenvalue weighted by Crippen LogP contribution is 2.31. The first-order valence-electron chi connectivity index (χ1n) is 6.44. The molecule has 2 heterocycles. The molecule has 7 nitrogen and oxygen atoms in total. The van der Waals surface area contributed by atoms with E-state index in [9.17, 15) is 9.59 Å². The fourth-order valence-electron chi connectivity index (χ4n) is 2.43. The smallest absolute Gasteiger partial charge is 0.327 e. The third-order valence-electron chi connectivity index (χ3n) is 3.23. The molecule has 1 aliphatic heterocycles. The van der Waals surface area contributed by atoms with E-state index in [0.29, 0.717) is 6.61 Å². The molecule has 1 saturated heterocycles. The molecular formula is C12H18N4O3. The van der Waals surface area contributed by atoms with Crippen molar-refractivity contribution in [1.29, 1.82) is 0 Å². The van der Waals surface area contributed by atoms with Crippen LogP contribution in [0.2, 0.25) is 0 Å². The Morgan fingerprint density at radius 3 is 3.00 bits per heavy atom. The van der Waals surface area contributed by atoms with Crippen molar-refractivity contribution >= 4 is 11.9 Å². The Labute approximate surface area is 111 Å². The van der Waals surface area contributed by atoms with Gasteiger partial charge in [-0.05, 0) is 19.8 Å². The standard InChI is InChI=1S/C12H18N4O3/c1-3-19-12(18)8-16-11(7-13-14-16)10-5-4-6-15(10)9(2)17/h7,10H,3-6,8H2,1-2H3/t10-/m0/s1. The second-order valence-corrected chi connectivity index (χ2v) is 4.49. The third-order valence-corrected chi connectivity index (χ3v) is 3.23. The molecule has 0 aliphatic carbocycles. The lowest BCUT2D eigenvalue weighted by atomic mass is 10.1. The number of ether oxygens (including phenoxy) is 1. The molecule has 0 spiro atoms. The minimum absolute atomic E-state index is 0.0332. The average Bonchev–Trinajstić information content (AvgIpc) is 2.96. The van der Waals surface area contributed by atoms with Gasteiger partial charge >= 0.3 is 5.97 Å². The lowest BCUT2D eigenvalue weighted by Gasteiger charge is -2.23. The maximum absolute atomic E-state index is 11.6. The summed E-state index contributed by atoms with van der Waals surface area (Å²) in [6.07, 6.45) is 3.44. The van der Waals surface area contributed by atoms with Crippen LogP contribution in [0, 0.1) is 0 Å². The number of rotatable bonds is 4. The molecule has 1 fully saturated rings. The van der Waals surface area contributed by atoms with E-state index >= 15 is 0 Å². The number of likely N-dealkylation sites (tertiary alicyclic amines) is 1. The van der Waals surface area contributed by atoms with Crippen molar-refractivity contribution in [3.63, 3.8) is 0 Å². The Kier molecular flexibility index (Phi) is 4.13. The molecule has 1 atom stereocenters. The van der Waals surface area contributed by atoms with Crippen LogP contribution in [0.1, 0.15) is 38.4 Å². The summed E-state index contributed by atoms with van der Waals surface area (Å²) in [5.41, 5.74) is 0.792. The number of nitrogens with zero attached hydrogens (tertiary/aromatic N) is 4. The van der Waals surface area contributed by atoms with Gasteiger partial charge in [-0.2, -0.15) is 0 Å². The molecule has 0 radical (unpaired) electrons. The Bertz CT molecular complexity index is 471. The van der Waals surface area contributed by atoms with Crippen LogP contribution in [-0.4, -0.2) is 44.9 Å². The Balaban J connectivity index is 2.14. The van der Waals surface area contributed by atoms with Crippen LogP contribution >= 0.6 is 0 Å². The molecule has 1 amide bonds. The first-order valence-corrected chi connectivity index (χ1v) is 6.44. The van der Waals surface area contributed by atoms with Crippen LogP contribution in [0.25, 0.3) is 0 Å². The van der Waals surface area contributed by atoms with Crippen LogP contribution in [0.15, 0.2) is 6.20 Å². The van der Waals surface area contributed by atoms with E-state index in [1.807, 2.05) is 0 Å². The molecule has 1 aromatic rings. The fourth-order valence-corrected chi connectivity index (χ4v) is 2.43. The van der Waals surface area contributed by atoms with Crippen molar-refractivity contribution < 1.29 is 14.3 Å². The van der Waals surface area contributed by atoms with E-state index in [1.165, 1.54) is 4.68 Å². The van der Waals surface area contributed by atoms with Gasteiger partial charge in [-0.1, -0.05) is 5.21 Å². The van der Waals surface area contributed by atoms with E-state index in [1.54, 1.807) is 24.9 Å². The Morgan fingerprint density at radius 1 is 1.53 bits per heavy atom. The highest BCUT2D eigenvalue weighted by Gasteiger charge is 2.31. The van der Waals surface area contributed by atoms with Gasteiger partial charge in [0.2, 0.25) is 5.91 Å². The first kappa shape index (κ1) is 13.5. The first-order chi connectivity index (χ1) is 9.13. The molecule has 2 rings (SSSR count). The van der Waals surface area contributed by atoms with Crippen molar-refractivity contribution in [3.8, 4) is 0 Å². The number of esters is 1. The van der Waals surface area contributed by atoms with Crippen molar-refractivity contribution in [2.75, 3.05) is 13.2 Å². The molecule has 1 aromatic heterocycles. The van der Waals surface area contributed by atoms with Gasteiger partial charge in [-0.25, -0.2) is 4.68 Å². The predicted molar refractivity (Wildman–Crippen MR) is 66.0 cm³/mol. The molecule has 0 bridgehead atoms. The molecule has 0 aromatic carbocycles. The molecular weight excluding hydrogens is 248 g/mol. The van der Waals surface area contributed by atoms with Crippen molar-refractivity contribution in [3.05, 3.63) is 11.9 Å².